The van der Waals surface area contributed by atoms with Gasteiger partial charge in [-0.2, -0.15) is 5.26 Å². The summed E-state index contributed by atoms with van der Waals surface area (Å²) < 4.78 is 21.8. The highest BCUT2D eigenvalue weighted by Crippen LogP contribution is 2.32. The lowest BCUT2D eigenvalue weighted by Crippen LogP contribution is -2.18. The molecular formula is C27H25NO5. The number of carbonyl (C=O) groups excluding carboxylic acids is 1. The van der Waals surface area contributed by atoms with E-state index in [0.29, 0.717) is 33.9 Å². The zero-order chi connectivity index (χ0) is 23.8. The minimum atomic E-state index is -0.552. The number of nitriles is 1. The number of rotatable bonds is 8. The van der Waals surface area contributed by atoms with Crippen molar-refractivity contribution in [1.82, 2.24) is 0 Å². The number of para-hydroxylation sites is 1. The van der Waals surface area contributed by atoms with E-state index < -0.39 is 5.97 Å². The Morgan fingerprint density at radius 2 is 1.64 bits per heavy atom. The van der Waals surface area contributed by atoms with E-state index in [0.717, 1.165) is 11.1 Å². The normalized spacial score (nSPS) is 10.8. The van der Waals surface area contributed by atoms with Gasteiger partial charge in [-0.3, -0.25) is 0 Å². The highest BCUT2D eigenvalue weighted by Gasteiger charge is 2.14. The average Bonchev–Trinajstić information content (AvgIpc) is 2.84. The van der Waals surface area contributed by atoms with Gasteiger partial charge in [0.25, 0.3) is 0 Å². The SMILES string of the molecule is COc1cc(/C=C(/C#N)c2ccccc2OC)ccc1OC(=O)COc1cccc(C)c1C. The van der Waals surface area contributed by atoms with Crippen LogP contribution in [-0.2, 0) is 4.79 Å². The summed E-state index contributed by atoms with van der Waals surface area (Å²) in [6.07, 6.45) is 1.72. The van der Waals surface area contributed by atoms with Crippen LogP contribution >= 0.6 is 0 Å². The number of methoxy groups -OCH3 is 2. The van der Waals surface area contributed by atoms with E-state index in [1.165, 1.54) is 7.11 Å². The van der Waals surface area contributed by atoms with Crippen molar-refractivity contribution in [2.24, 2.45) is 0 Å². The lowest BCUT2D eigenvalue weighted by atomic mass is 10.0. The average molecular weight is 443 g/mol. The Labute approximate surface area is 193 Å². The molecule has 0 spiro atoms. The van der Waals surface area contributed by atoms with Crippen LogP contribution in [0, 0.1) is 25.2 Å². The number of nitrogens with zero attached hydrogens (tertiary/aromatic N) is 1. The molecule has 33 heavy (non-hydrogen) atoms. The summed E-state index contributed by atoms with van der Waals surface area (Å²) in [5.41, 5.74) is 3.88. The van der Waals surface area contributed by atoms with Gasteiger partial charge in [-0.15, -0.1) is 0 Å². The minimum Gasteiger partial charge on any atom is -0.496 e. The van der Waals surface area contributed by atoms with Crippen molar-refractivity contribution in [3.63, 3.8) is 0 Å². The highest BCUT2D eigenvalue weighted by atomic mass is 16.6. The standard InChI is InChI=1S/C27H25NO5/c1-18-8-7-11-23(19(18)2)32-17-27(29)33-25-13-12-20(15-26(25)31-4)14-21(16-28)22-9-5-6-10-24(22)30-3/h5-15H,17H2,1-4H3/b21-14-. The number of hydrogen-bond donors (Lipinski definition) is 0. The number of allylic oxidation sites excluding steroid dienone is 1. The molecule has 0 radical (unpaired) electrons. The molecule has 168 valence electrons. The first kappa shape index (κ1) is 23.4. The second-order valence-electron chi connectivity index (χ2n) is 7.24. The minimum absolute atomic E-state index is 0.235. The maximum atomic E-state index is 12.3. The van der Waals surface area contributed by atoms with Crippen molar-refractivity contribution in [2.75, 3.05) is 20.8 Å². The van der Waals surface area contributed by atoms with Crippen LogP contribution in [-0.4, -0.2) is 26.8 Å². The number of hydrogen-bond acceptors (Lipinski definition) is 6. The van der Waals surface area contributed by atoms with Crippen LogP contribution < -0.4 is 18.9 Å². The number of esters is 1. The smallest absolute Gasteiger partial charge is 0.349 e. The van der Waals surface area contributed by atoms with Crippen molar-refractivity contribution in [3.05, 3.63) is 82.9 Å². The summed E-state index contributed by atoms with van der Waals surface area (Å²) in [6, 6.07) is 20.2. The van der Waals surface area contributed by atoms with Crippen molar-refractivity contribution >= 4 is 17.6 Å². The molecule has 3 aromatic carbocycles. The summed E-state index contributed by atoms with van der Waals surface area (Å²) in [5, 5.41) is 9.66. The van der Waals surface area contributed by atoms with Crippen LogP contribution in [0.5, 0.6) is 23.0 Å². The molecule has 0 fully saturated rings. The Hall–Kier alpha value is -4.24. The van der Waals surface area contributed by atoms with Gasteiger partial charge >= 0.3 is 5.97 Å². The molecule has 0 saturated carbocycles. The van der Waals surface area contributed by atoms with Gasteiger partial charge in [-0.1, -0.05) is 30.3 Å². The number of benzene rings is 3. The third-order valence-electron chi connectivity index (χ3n) is 5.14. The van der Waals surface area contributed by atoms with Crippen LogP contribution in [0.1, 0.15) is 22.3 Å². The summed E-state index contributed by atoms with van der Waals surface area (Å²) in [5.74, 6) is 1.32. The summed E-state index contributed by atoms with van der Waals surface area (Å²) in [4.78, 5) is 12.3. The predicted molar refractivity (Wildman–Crippen MR) is 127 cm³/mol. The van der Waals surface area contributed by atoms with Crippen LogP contribution in [0.15, 0.2) is 60.7 Å². The Morgan fingerprint density at radius 3 is 2.36 bits per heavy atom. The molecule has 0 N–H and O–H groups in total. The van der Waals surface area contributed by atoms with Gasteiger partial charge in [-0.05, 0) is 66.9 Å². The van der Waals surface area contributed by atoms with Crippen LogP contribution in [0.2, 0.25) is 0 Å². The Morgan fingerprint density at radius 1 is 0.909 bits per heavy atom. The predicted octanol–water partition coefficient (Wildman–Crippen LogP) is 5.37. The van der Waals surface area contributed by atoms with Crippen molar-refractivity contribution < 1.29 is 23.7 Å². The fourth-order valence-electron chi connectivity index (χ4n) is 3.23. The van der Waals surface area contributed by atoms with E-state index in [9.17, 15) is 10.1 Å². The molecule has 6 nitrogen and oxygen atoms in total. The molecule has 0 aliphatic rings. The van der Waals surface area contributed by atoms with E-state index in [1.807, 2.05) is 50.2 Å². The molecule has 0 heterocycles. The molecule has 3 rings (SSSR count). The lowest BCUT2D eigenvalue weighted by molar-refractivity contribution is -0.136. The topological polar surface area (TPSA) is 77.8 Å². The maximum absolute atomic E-state index is 12.3. The lowest BCUT2D eigenvalue weighted by Gasteiger charge is -2.12. The fourth-order valence-corrected chi connectivity index (χ4v) is 3.23. The highest BCUT2D eigenvalue weighted by molar-refractivity contribution is 5.92. The molecule has 0 aliphatic heterocycles. The Bertz CT molecular complexity index is 1220. The van der Waals surface area contributed by atoms with E-state index in [1.54, 1.807) is 37.5 Å². The molecule has 0 aliphatic carbocycles. The van der Waals surface area contributed by atoms with Crippen molar-refractivity contribution in [2.45, 2.75) is 13.8 Å². The first-order valence-corrected chi connectivity index (χ1v) is 10.3. The van der Waals surface area contributed by atoms with Crippen LogP contribution in [0.25, 0.3) is 11.6 Å². The zero-order valence-corrected chi connectivity index (χ0v) is 19.0. The van der Waals surface area contributed by atoms with Crippen LogP contribution in [0.4, 0.5) is 0 Å². The van der Waals surface area contributed by atoms with Gasteiger partial charge in [0.1, 0.15) is 11.5 Å². The molecule has 0 saturated heterocycles. The molecule has 0 aromatic heterocycles. The van der Waals surface area contributed by atoms with Gasteiger partial charge in [-0.25, -0.2) is 4.79 Å². The van der Waals surface area contributed by atoms with Crippen molar-refractivity contribution in [3.8, 4) is 29.1 Å². The van der Waals surface area contributed by atoms with E-state index >= 15 is 0 Å². The van der Waals surface area contributed by atoms with Gasteiger partial charge < -0.3 is 18.9 Å². The van der Waals surface area contributed by atoms with Gasteiger partial charge in [0.15, 0.2) is 18.1 Å². The zero-order valence-electron chi connectivity index (χ0n) is 19.0. The van der Waals surface area contributed by atoms with Gasteiger partial charge in [0, 0.05) is 5.56 Å². The Kier molecular flexibility index (Phi) is 7.72. The second-order valence-corrected chi connectivity index (χ2v) is 7.24. The number of ether oxygens (including phenoxy) is 4. The number of carbonyl (C=O) groups is 1. The third-order valence-corrected chi connectivity index (χ3v) is 5.14. The number of aryl methyl sites for hydroxylation is 1. The summed E-state index contributed by atoms with van der Waals surface area (Å²) in [7, 11) is 3.04. The van der Waals surface area contributed by atoms with E-state index in [-0.39, 0.29) is 12.4 Å². The van der Waals surface area contributed by atoms with Gasteiger partial charge in [0.05, 0.1) is 25.9 Å². The summed E-state index contributed by atoms with van der Waals surface area (Å²) >= 11 is 0. The Balaban J connectivity index is 1.76. The largest absolute Gasteiger partial charge is 0.496 e. The fraction of sp³-hybridized carbons (Fsp3) is 0.185. The molecule has 3 aromatic rings. The van der Waals surface area contributed by atoms with E-state index in [4.69, 9.17) is 18.9 Å². The first-order valence-electron chi connectivity index (χ1n) is 10.3. The quantitative estimate of drug-likeness (QED) is 0.202. The van der Waals surface area contributed by atoms with Crippen molar-refractivity contribution in [1.29, 1.82) is 5.26 Å². The monoisotopic (exact) mass is 443 g/mol. The van der Waals surface area contributed by atoms with E-state index in [2.05, 4.69) is 6.07 Å². The molecular weight excluding hydrogens is 418 g/mol. The first-order chi connectivity index (χ1) is 16.0. The molecule has 0 unspecified atom stereocenters. The maximum Gasteiger partial charge on any atom is 0.349 e. The van der Waals surface area contributed by atoms with Crippen LogP contribution in [0.3, 0.4) is 0 Å². The third kappa shape index (κ3) is 5.72. The summed E-state index contributed by atoms with van der Waals surface area (Å²) in [6.45, 7) is 3.68. The molecule has 0 bridgehead atoms. The second kappa shape index (κ2) is 10.9. The van der Waals surface area contributed by atoms with Gasteiger partial charge in [0.2, 0.25) is 0 Å². The molecule has 0 amide bonds. The molecule has 0 atom stereocenters. The molecule has 6 heteroatoms.